The minimum absolute atomic E-state index is 0.00114. The van der Waals surface area contributed by atoms with Crippen molar-refractivity contribution in [1.29, 1.82) is 0 Å². The molecule has 28 heavy (non-hydrogen) atoms. The molecule has 0 N–H and O–H groups in total. The number of terminal acetylenes is 1. The summed E-state index contributed by atoms with van der Waals surface area (Å²) in [5.74, 6) is 4.04. The lowest BCUT2D eigenvalue weighted by molar-refractivity contribution is -0.190. The Hall–Kier alpha value is -1.57. The van der Waals surface area contributed by atoms with Crippen LogP contribution in [-0.2, 0) is 9.53 Å². The van der Waals surface area contributed by atoms with Crippen molar-refractivity contribution < 1.29 is 9.53 Å². The number of alkyl halides is 1. The molecular formula is C24H28BrNO2. The molecule has 1 aromatic carbocycles. The molecule has 0 radical (unpaired) electrons. The van der Waals surface area contributed by atoms with Crippen LogP contribution in [0.2, 0.25) is 0 Å². The normalized spacial score (nSPS) is 38.6. The molecule has 148 valence electrons. The van der Waals surface area contributed by atoms with Gasteiger partial charge in [-0.2, -0.15) is 0 Å². The molecule has 6 atom stereocenters. The zero-order valence-corrected chi connectivity index (χ0v) is 18.4. The topological polar surface area (TPSA) is 29.5 Å². The number of likely N-dealkylation sites (tertiary alicyclic amines) is 1. The molecule has 1 amide bonds. The second kappa shape index (κ2) is 7.04. The quantitative estimate of drug-likeness (QED) is 0.381. The molecule has 3 nitrogen and oxygen atoms in total. The Bertz CT molecular complexity index is 827. The number of rotatable bonds is 5. The van der Waals surface area contributed by atoms with E-state index in [1.54, 1.807) is 4.90 Å². The molecule has 1 heterocycles. The molecule has 0 unspecified atom stereocenters. The lowest BCUT2D eigenvalue weighted by atomic mass is 9.85. The number of hydrogen-bond donors (Lipinski definition) is 0. The zero-order valence-electron chi connectivity index (χ0n) is 16.8. The van der Waals surface area contributed by atoms with E-state index >= 15 is 0 Å². The number of carbonyl (C=O) groups excluding carboxylic acids is 1. The summed E-state index contributed by atoms with van der Waals surface area (Å²) in [4.78, 5) is 14.8. The smallest absolute Gasteiger partial charge is 0.255 e. The molecule has 3 aliphatic rings. The van der Waals surface area contributed by atoms with Crippen molar-refractivity contribution >= 4 is 27.9 Å². The van der Waals surface area contributed by atoms with Gasteiger partial charge in [0.1, 0.15) is 0 Å². The first-order chi connectivity index (χ1) is 13.3. The first-order valence-electron chi connectivity index (χ1n) is 10.1. The number of halogens is 1. The molecular weight excluding hydrogens is 414 g/mol. The maximum absolute atomic E-state index is 12.8. The number of hydrogen-bond acceptors (Lipinski definition) is 2. The molecule has 0 spiro atoms. The van der Waals surface area contributed by atoms with Crippen LogP contribution in [0.15, 0.2) is 36.4 Å². The monoisotopic (exact) mass is 441 g/mol. The summed E-state index contributed by atoms with van der Waals surface area (Å²) in [6.07, 6.45) is 11.2. The van der Waals surface area contributed by atoms with Crippen LogP contribution < -0.4 is 0 Å². The third-order valence-corrected chi connectivity index (χ3v) is 8.52. The van der Waals surface area contributed by atoms with Gasteiger partial charge in [0.25, 0.3) is 5.91 Å². The fraction of sp³-hybridized carbons (Fsp3) is 0.542. The van der Waals surface area contributed by atoms with Crippen LogP contribution in [0.3, 0.4) is 0 Å². The summed E-state index contributed by atoms with van der Waals surface area (Å²) in [5.41, 5.74) is 1.15. The van der Waals surface area contributed by atoms with E-state index in [2.05, 4.69) is 48.7 Å². The van der Waals surface area contributed by atoms with Crippen molar-refractivity contribution in [3.8, 4) is 12.3 Å². The van der Waals surface area contributed by atoms with Crippen molar-refractivity contribution in [2.24, 2.45) is 17.3 Å². The summed E-state index contributed by atoms with van der Waals surface area (Å²) in [5, 5.41) is 0. The third-order valence-electron chi connectivity index (χ3n) is 7.18. The maximum atomic E-state index is 12.8. The number of amides is 1. The van der Waals surface area contributed by atoms with Crippen molar-refractivity contribution in [1.82, 2.24) is 4.90 Å². The molecule has 0 aromatic heterocycles. The minimum atomic E-state index is -0.461. The van der Waals surface area contributed by atoms with Gasteiger partial charge in [0.15, 0.2) is 6.10 Å². The second-order valence-corrected chi connectivity index (χ2v) is 10.3. The summed E-state index contributed by atoms with van der Waals surface area (Å²) in [6, 6.07) is 9.98. The van der Waals surface area contributed by atoms with E-state index in [1.807, 2.05) is 36.4 Å². The Morgan fingerprint density at radius 3 is 2.68 bits per heavy atom. The predicted octanol–water partition coefficient (Wildman–Crippen LogP) is 4.52. The summed E-state index contributed by atoms with van der Waals surface area (Å²) < 4.78 is 6.55. The Balaban J connectivity index is 1.51. The highest BCUT2D eigenvalue weighted by Crippen LogP contribution is 2.68. The number of benzene rings is 1. The number of nitrogens with zero attached hydrogens (tertiary/aromatic N) is 1. The molecule has 1 aromatic rings. The molecule has 4 rings (SSSR count). The molecule has 2 saturated carbocycles. The average Bonchev–Trinajstić information content (AvgIpc) is 3.19. The number of β-lactam (4-membered cyclic amide) rings is 1. The highest BCUT2D eigenvalue weighted by molar-refractivity contribution is 9.09. The van der Waals surface area contributed by atoms with E-state index < -0.39 is 6.10 Å². The van der Waals surface area contributed by atoms with Gasteiger partial charge in [-0.1, -0.05) is 78.2 Å². The largest absolute Gasteiger partial charge is 0.359 e. The van der Waals surface area contributed by atoms with Crippen molar-refractivity contribution in [2.45, 2.75) is 56.2 Å². The first kappa shape index (κ1) is 19.7. The van der Waals surface area contributed by atoms with E-state index in [0.717, 1.165) is 24.3 Å². The fourth-order valence-corrected chi connectivity index (χ4v) is 5.80. The summed E-state index contributed by atoms with van der Waals surface area (Å²) >= 11 is 3.87. The maximum Gasteiger partial charge on any atom is 0.255 e. The number of carbonyl (C=O) groups is 1. The van der Waals surface area contributed by atoms with E-state index in [4.69, 9.17) is 11.2 Å². The fourth-order valence-electron chi connectivity index (χ4n) is 5.10. The van der Waals surface area contributed by atoms with Crippen LogP contribution in [0.25, 0.3) is 6.08 Å². The van der Waals surface area contributed by atoms with Gasteiger partial charge in [-0.3, -0.25) is 4.79 Å². The van der Waals surface area contributed by atoms with Crippen LogP contribution in [-0.4, -0.2) is 39.9 Å². The van der Waals surface area contributed by atoms with Gasteiger partial charge in [0.05, 0.1) is 18.2 Å². The Labute approximate surface area is 176 Å². The Kier molecular flexibility index (Phi) is 4.96. The summed E-state index contributed by atoms with van der Waals surface area (Å²) in [7, 11) is 0. The predicted molar refractivity (Wildman–Crippen MR) is 116 cm³/mol. The van der Waals surface area contributed by atoms with Crippen LogP contribution in [0, 0.1) is 29.6 Å². The number of ether oxygens (including phenoxy) is 1. The van der Waals surface area contributed by atoms with Crippen LogP contribution in [0.5, 0.6) is 0 Å². The second-order valence-electron chi connectivity index (χ2n) is 9.22. The highest BCUT2D eigenvalue weighted by atomic mass is 79.9. The minimum Gasteiger partial charge on any atom is -0.359 e. The Morgan fingerprint density at radius 1 is 1.29 bits per heavy atom. The van der Waals surface area contributed by atoms with Crippen LogP contribution in [0.4, 0.5) is 0 Å². The Morgan fingerprint density at radius 2 is 2.00 bits per heavy atom. The van der Waals surface area contributed by atoms with Gasteiger partial charge in [-0.25, -0.2) is 0 Å². The summed E-state index contributed by atoms with van der Waals surface area (Å²) in [6.45, 7) is 7.17. The number of fused-ring (bicyclic) bond motifs is 1. The average molecular weight is 442 g/mol. The van der Waals surface area contributed by atoms with E-state index in [-0.39, 0.29) is 22.4 Å². The first-order valence-corrected chi connectivity index (χ1v) is 11.0. The van der Waals surface area contributed by atoms with Crippen LogP contribution in [0.1, 0.15) is 39.2 Å². The lowest BCUT2D eigenvalue weighted by Gasteiger charge is -2.49. The zero-order chi connectivity index (χ0) is 20.1. The highest BCUT2D eigenvalue weighted by Gasteiger charge is 2.65. The molecule has 2 aliphatic carbocycles. The molecule has 1 saturated heterocycles. The van der Waals surface area contributed by atoms with Crippen molar-refractivity contribution in [3.63, 3.8) is 0 Å². The van der Waals surface area contributed by atoms with E-state index in [9.17, 15) is 4.79 Å². The molecule has 0 bridgehead atoms. The third kappa shape index (κ3) is 3.23. The van der Waals surface area contributed by atoms with Crippen molar-refractivity contribution in [3.05, 3.63) is 42.0 Å². The van der Waals surface area contributed by atoms with Gasteiger partial charge < -0.3 is 9.64 Å². The van der Waals surface area contributed by atoms with E-state index in [1.165, 1.54) is 0 Å². The van der Waals surface area contributed by atoms with Gasteiger partial charge >= 0.3 is 0 Å². The van der Waals surface area contributed by atoms with Gasteiger partial charge in [0, 0.05) is 4.83 Å². The molecule has 3 fully saturated rings. The standard InChI is InChI=1S/C24H28BrNO2/c1-5-13-26-19(12-11-16-9-7-6-8-10-16)21(22(26)27)28-24(4)15-18-17(14-20(24)25)23(18,2)3/h1,6-12,17-21H,13-15H2,2-4H3/b12-11+/t17-,18+,19-,20-,21+,24-/m1/s1. The SMILES string of the molecule is C#CCN1C(=O)[C@@H](O[C@]2(C)C[C@H]3[C@@H](C[C@H]2Br)C3(C)C)[C@H]1/C=C/c1ccccc1. The molecule has 1 aliphatic heterocycles. The van der Waals surface area contributed by atoms with Crippen molar-refractivity contribution in [2.75, 3.05) is 6.54 Å². The lowest BCUT2D eigenvalue weighted by Crippen LogP contribution is -2.67. The van der Waals surface area contributed by atoms with Gasteiger partial charge in [0.2, 0.25) is 0 Å². The van der Waals surface area contributed by atoms with E-state index in [0.29, 0.717) is 17.9 Å². The molecule has 4 heteroatoms. The van der Waals surface area contributed by atoms with Gasteiger partial charge in [-0.15, -0.1) is 6.42 Å². The van der Waals surface area contributed by atoms with Gasteiger partial charge in [-0.05, 0) is 42.6 Å². The van der Waals surface area contributed by atoms with Crippen LogP contribution >= 0.6 is 15.9 Å².